The maximum absolute atomic E-state index is 13.1. The van der Waals surface area contributed by atoms with E-state index in [9.17, 15) is 27.6 Å². The Kier molecular flexibility index (Phi) is 3.10. The van der Waals surface area contributed by atoms with E-state index in [0.717, 1.165) is 0 Å². The number of carbonyl (C=O) groups is 3. The lowest BCUT2D eigenvalue weighted by Crippen LogP contribution is -2.64. The Hall–Kier alpha value is -1.60. The quantitative estimate of drug-likeness (QED) is 0.781. The van der Waals surface area contributed by atoms with E-state index in [-0.39, 0.29) is 10.8 Å². The molecule has 2 rings (SSSR count). The fraction of sp³-hybridized carbons (Fsp3) is 0.750. The Morgan fingerprint density at radius 2 is 1.60 bits per heavy atom. The minimum absolute atomic E-state index is 0.0713. The molecule has 0 aromatic heterocycles. The second-order valence-corrected chi connectivity index (χ2v) is 5.68. The van der Waals surface area contributed by atoms with E-state index >= 15 is 0 Å². The van der Waals surface area contributed by atoms with Gasteiger partial charge in [0.25, 0.3) is 0 Å². The van der Waals surface area contributed by atoms with Crippen LogP contribution in [0.4, 0.5) is 13.2 Å². The lowest BCUT2D eigenvalue weighted by molar-refractivity contribution is -0.230. The molecule has 0 spiro atoms. The summed E-state index contributed by atoms with van der Waals surface area (Å²) in [6.45, 7) is 2.17. The zero-order valence-electron chi connectivity index (χ0n) is 10.9. The maximum atomic E-state index is 13.1. The fourth-order valence-corrected chi connectivity index (χ4v) is 3.06. The van der Waals surface area contributed by atoms with Gasteiger partial charge in [-0.25, -0.2) is 4.79 Å². The van der Waals surface area contributed by atoms with Crippen LogP contribution in [0.1, 0.15) is 26.7 Å². The number of aliphatic carboxylic acids is 1. The first kappa shape index (κ1) is 14.8. The van der Waals surface area contributed by atoms with E-state index < -0.39 is 41.3 Å². The molecule has 2 fully saturated rings. The van der Waals surface area contributed by atoms with Crippen LogP contribution >= 0.6 is 0 Å². The number of fused-ring (bicyclic) bond motifs is 1. The van der Waals surface area contributed by atoms with Crippen molar-refractivity contribution < 1.29 is 32.7 Å². The third-order valence-electron chi connectivity index (χ3n) is 4.29. The minimum atomic E-state index is -5.23. The number of hydrogen-bond acceptors (Lipinski definition) is 3. The van der Waals surface area contributed by atoms with Gasteiger partial charge in [-0.15, -0.1) is 0 Å². The molecule has 0 aromatic carbocycles. The highest BCUT2D eigenvalue weighted by molar-refractivity contribution is 6.09. The van der Waals surface area contributed by atoms with Crippen LogP contribution in [0.3, 0.4) is 0 Å². The van der Waals surface area contributed by atoms with Crippen molar-refractivity contribution in [2.75, 3.05) is 0 Å². The molecular formula is C12H14F3NO4. The van der Waals surface area contributed by atoms with Crippen molar-refractivity contribution in [3.8, 4) is 0 Å². The molecule has 8 heteroatoms. The Bertz CT molecular complexity index is 466. The zero-order valence-corrected chi connectivity index (χ0v) is 10.9. The van der Waals surface area contributed by atoms with Gasteiger partial charge in [0.1, 0.15) is 0 Å². The predicted octanol–water partition coefficient (Wildman–Crippen LogP) is 1.42. The van der Waals surface area contributed by atoms with Crippen molar-refractivity contribution >= 4 is 17.8 Å². The standard InChI is InChI=1S/C12H14F3NO4/c1-5-3-6-7(4-5)9(18)16(8(6)17)11(2,10(19)20)12(13,14)15/h5-7H,3-4H2,1-2H3,(H,19,20). The molecule has 20 heavy (non-hydrogen) atoms. The first-order chi connectivity index (χ1) is 9.01. The monoisotopic (exact) mass is 293 g/mol. The van der Waals surface area contributed by atoms with E-state index in [1.54, 1.807) is 0 Å². The molecule has 1 saturated carbocycles. The molecule has 112 valence electrons. The van der Waals surface area contributed by atoms with Gasteiger partial charge in [-0.3, -0.25) is 14.5 Å². The average molecular weight is 293 g/mol. The second kappa shape index (κ2) is 4.20. The summed E-state index contributed by atoms with van der Waals surface area (Å²) in [6, 6.07) is 0. The van der Waals surface area contributed by atoms with E-state index in [2.05, 4.69) is 0 Å². The number of nitrogens with zero attached hydrogens (tertiary/aromatic N) is 1. The molecule has 0 bridgehead atoms. The summed E-state index contributed by atoms with van der Waals surface area (Å²) in [6.07, 6.45) is -4.59. The number of imide groups is 1. The molecule has 1 heterocycles. The molecule has 5 nitrogen and oxygen atoms in total. The van der Waals surface area contributed by atoms with Gasteiger partial charge in [0.05, 0.1) is 11.8 Å². The first-order valence-corrected chi connectivity index (χ1v) is 6.19. The van der Waals surface area contributed by atoms with Crippen LogP contribution in [0.15, 0.2) is 0 Å². The molecule has 1 saturated heterocycles. The number of halogens is 3. The van der Waals surface area contributed by atoms with Crippen molar-refractivity contribution in [3.63, 3.8) is 0 Å². The molecular weight excluding hydrogens is 279 g/mol. The highest BCUT2D eigenvalue weighted by Crippen LogP contribution is 2.48. The van der Waals surface area contributed by atoms with Gasteiger partial charge in [0.15, 0.2) is 0 Å². The van der Waals surface area contributed by atoms with Gasteiger partial charge in [-0.1, -0.05) is 6.92 Å². The minimum Gasteiger partial charge on any atom is -0.479 e. The number of carboxylic acid groups (broad SMARTS) is 1. The van der Waals surface area contributed by atoms with Crippen molar-refractivity contribution in [2.24, 2.45) is 17.8 Å². The summed E-state index contributed by atoms with van der Waals surface area (Å²) >= 11 is 0. The van der Waals surface area contributed by atoms with Crippen LogP contribution in [0.2, 0.25) is 0 Å². The van der Waals surface area contributed by atoms with Crippen molar-refractivity contribution in [2.45, 2.75) is 38.4 Å². The first-order valence-electron chi connectivity index (χ1n) is 6.19. The topological polar surface area (TPSA) is 74.7 Å². The molecule has 2 aliphatic rings. The van der Waals surface area contributed by atoms with E-state index in [1.807, 2.05) is 6.92 Å². The number of carboxylic acids is 1. The lowest BCUT2D eigenvalue weighted by Gasteiger charge is -2.35. The molecule has 0 radical (unpaired) electrons. The summed E-state index contributed by atoms with van der Waals surface area (Å²) in [4.78, 5) is 35.1. The maximum Gasteiger partial charge on any atom is 0.422 e. The van der Waals surface area contributed by atoms with Gasteiger partial charge in [-0.05, 0) is 25.7 Å². The van der Waals surface area contributed by atoms with Crippen LogP contribution in [0.5, 0.6) is 0 Å². The Balaban J connectivity index is 2.45. The molecule has 1 aliphatic carbocycles. The summed E-state index contributed by atoms with van der Waals surface area (Å²) in [7, 11) is 0. The number of likely N-dealkylation sites (tertiary alicyclic amines) is 1. The van der Waals surface area contributed by atoms with Gasteiger partial charge >= 0.3 is 12.1 Å². The van der Waals surface area contributed by atoms with Crippen LogP contribution in [-0.2, 0) is 14.4 Å². The third kappa shape index (κ3) is 1.73. The van der Waals surface area contributed by atoms with E-state index in [0.29, 0.717) is 19.8 Å². The largest absolute Gasteiger partial charge is 0.479 e. The van der Waals surface area contributed by atoms with Gasteiger partial charge < -0.3 is 5.11 Å². The molecule has 2 amide bonds. The molecule has 0 aromatic rings. The van der Waals surface area contributed by atoms with Crippen LogP contribution in [-0.4, -0.2) is 39.5 Å². The summed E-state index contributed by atoms with van der Waals surface area (Å²) < 4.78 is 39.2. The van der Waals surface area contributed by atoms with Gasteiger partial charge in [0, 0.05) is 0 Å². The van der Waals surface area contributed by atoms with Crippen LogP contribution in [0.25, 0.3) is 0 Å². The van der Waals surface area contributed by atoms with Crippen molar-refractivity contribution in [1.82, 2.24) is 4.90 Å². The number of alkyl halides is 3. The van der Waals surface area contributed by atoms with Crippen LogP contribution < -0.4 is 0 Å². The summed E-state index contributed by atoms with van der Waals surface area (Å²) in [5, 5.41) is 8.91. The average Bonchev–Trinajstić information content (AvgIpc) is 2.77. The zero-order chi connectivity index (χ0) is 15.5. The number of amides is 2. The summed E-state index contributed by atoms with van der Waals surface area (Å²) in [5.41, 5.74) is -3.51. The van der Waals surface area contributed by atoms with Gasteiger partial charge in [-0.2, -0.15) is 13.2 Å². The number of hydrogen-bond donors (Lipinski definition) is 1. The normalized spacial score (nSPS) is 33.2. The Morgan fingerprint density at radius 1 is 1.20 bits per heavy atom. The molecule has 3 unspecified atom stereocenters. The number of rotatable bonds is 2. The van der Waals surface area contributed by atoms with Crippen molar-refractivity contribution in [1.29, 1.82) is 0 Å². The Morgan fingerprint density at radius 3 is 1.90 bits per heavy atom. The van der Waals surface area contributed by atoms with Crippen LogP contribution in [0, 0.1) is 17.8 Å². The molecule has 3 atom stereocenters. The van der Waals surface area contributed by atoms with Gasteiger partial charge in [0.2, 0.25) is 17.4 Å². The highest BCUT2D eigenvalue weighted by atomic mass is 19.4. The molecule has 1 aliphatic heterocycles. The lowest BCUT2D eigenvalue weighted by atomic mass is 9.98. The third-order valence-corrected chi connectivity index (χ3v) is 4.29. The van der Waals surface area contributed by atoms with E-state index in [1.165, 1.54) is 0 Å². The van der Waals surface area contributed by atoms with Crippen molar-refractivity contribution in [3.05, 3.63) is 0 Å². The second-order valence-electron chi connectivity index (χ2n) is 5.68. The summed E-state index contributed by atoms with van der Waals surface area (Å²) in [5.74, 6) is -5.86. The fourth-order valence-electron chi connectivity index (χ4n) is 3.06. The Labute approximate surface area is 112 Å². The number of carbonyl (C=O) groups excluding carboxylic acids is 2. The smallest absolute Gasteiger partial charge is 0.422 e. The SMILES string of the molecule is CC1CC2C(=O)N(C(C)(C(=O)O)C(F)(F)F)C(=O)C2C1. The predicted molar refractivity (Wildman–Crippen MR) is 59.3 cm³/mol. The highest BCUT2D eigenvalue weighted by Gasteiger charge is 2.69. The molecule has 1 N–H and O–H groups in total. The van der Waals surface area contributed by atoms with E-state index in [4.69, 9.17) is 5.11 Å².